The Morgan fingerprint density at radius 2 is 2.06 bits per heavy atom. The molecule has 0 aromatic carbocycles. The average Bonchev–Trinajstić information content (AvgIpc) is 2.75. The van der Waals surface area contributed by atoms with Crippen LogP contribution in [0.25, 0.3) is 0 Å². The minimum absolute atomic E-state index is 0.869. The van der Waals surface area contributed by atoms with Crippen LogP contribution in [0.15, 0.2) is 0 Å². The molecule has 1 unspecified atom stereocenters. The molecule has 3 heteroatoms. The third kappa shape index (κ3) is 4.72. The van der Waals surface area contributed by atoms with Gasteiger partial charge in [-0.3, -0.25) is 4.90 Å². The fourth-order valence-corrected chi connectivity index (χ4v) is 2.96. The zero-order chi connectivity index (χ0) is 11.8. The minimum Gasteiger partial charge on any atom is -0.303 e. The summed E-state index contributed by atoms with van der Waals surface area (Å²) in [7, 11) is 0. The zero-order valence-electron chi connectivity index (χ0n) is 10.9. The van der Waals surface area contributed by atoms with Gasteiger partial charge in [-0.2, -0.15) is 0 Å². The zero-order valence-corrected chi connectivity index (χ0v) is 12.5. The summed E-state index contributed by atoms with van der Waals surface area (Å²) < 4.78 is 0. The van der Waals surface area contributed by atoms with Crippen LogP contribution < -0.4 is 0 Å². The number of rotatable bonds is 8. The maximum atomic E-state index is 3.53. The summed E-state index contributed by atoms with van der Waals surface area (Å²) in [5.41, 5.74) is 0. The van der Waals surface area contributed by atoms with Gasteiger partial charge < -0.3 is 4.90 Å². The first kappa shape index (κ1) is 14.5. The topological polar surface area (TPSA) is 6.48 Å². The highest BCUT2D eigenvalue weighted by atomic mass is 79.9. The quantitative estimate of drug-likeness (QED) is 0.634. The van der Waals surface area contributed by atoms with E-state index < -0.39 is 0 Å². The van der Waals surface area contributed by atoms with E-state index in [1.807, 2.05) is 0 Å². The molecule has 0 aromatic rings. The molecule has 0 saturated carbocycles. The van der Waals surface area contributed by atoms with Crippen molar-refractivity contribution in [2.24, 2.45) is 0 Å². The molecule has 1 rings (SSSR count). The van der Waals surface area contributed by atoms with Crippen LogP contribution in [-0.4, -0.2) is 53.9 Å². The van der Waals surface area contributed by atoms with Crippen molar-refractivity contribution in [2.75, 3.05) is 38.1 Å². The second kappa shape index (κ2) is 8.48. The lowest BCUT2D eigenvalue weighted by Crippen LogP contribution is -2.37. The van der Waals surface area contributed by atoms with E-state index in [0.717, 1.165) is 11.4 Å². The predicted molar refractivity (Wildman–Crippen MR) is 75.4 cm³/mol. The van der Waals surface area contributed by atoms with Gasteiger partial charge in [0, 0.05) is 24.5 Å². The summed E-state index contributed by atoms with van der Waals surface area (Å²) >= 11 is 3.53. The molecule has 2 nitrogen and oxygen atoms in total. The van der Waals surface area contributed by atoms with E-state index in [9.17, 15) is 0 Å². The summed E-state index contributed by atoms with van der Waals surface area (Å²) in [4.78, 5) is 5.24. The van der Waals surface area contributed by atoms with E-state index in [0.29, 0.717) is 0 Å². The number of halogens is 1. The minimum atomic E-state index is 0.869. The molecule has 0 aromatic heterocycles. The second-order valence-electron chi connectivity index (χ2n) is 4.69. The highest BCUT2D eigenvalue weighted by molar-refractivity contribution is 9.09. The van der Waals surface area contributed by atoms with Gasteiger partial charge in [0.2, 0.25) is 0 Å². The van der Waals surface area contributed by atoms with Crippen molar-refractivity contribution in [3.8, 4) is 0 Å². The number of hydrogen-bond acceptors (Lipinski definition) is 2. The van der Waals surface area contributed by atoms with Crippen molar-refractivity contribution < 1.29 is 0 Å². The molecule has 1 atom stereocenters. The van der Waals surface area contributed by atoms with Gasteiger partial charge in [-0.1, -0.05) is 29.8 Å². The summed E-state index contributed by atoms with van der Waals surface area (Å²) in [6.07, 6.45) is 5.53. The Hall–Kier alpha value is 0.400. The fourth-order valence-electron chi connectivity index (χ4n) is 2.64. The lowest BCUT2D eigenvalue weighted by atomic mass is 10.1. The van der Waals surface area contributed by atoms with Crippen molar-refractivity contribution in [3.05, 3.63) is 0 Å². The van der Waals surface area contributed by atoms with E-state index in [4.69, 9.17) is 0 Å². The second-order valence-corrected chi connectivity index (χ2v) is 5.48. The molecule has 1 heterocycles. The van der Waals surface area contributed by atoms with E-state index in [1.54, 1.807) is 0 Å². The summed E-state index contributed by atoms with van der Waals surface area (Å²) in [6.45, 7) is 10.7. The van der Waals surface area contributed by atoms with Crippen LogP contribution in [0.2, 0.25) is 0 Å². The van der Waals surface area contributed by atoms with Crippen LogP contribution in [-0.2, 0) is 0 Å². The maximum absolute atomic E-state index is 3.53. The van der Waals surface area contributed by atoms with Gasteiger partial charge in [0.1, 0.15) is 0 Å². The van der Waals surface area contributed by atoms with Gasteiger partial charge in [0.05, 0.1) is 0 Å². The largest absolute Gasteiger partial charge is 0.303 e. The number of alkyl halides is 1. The molecular formula is C13H27BrN2. The highest BCUT2D eigenvalue weighted by Crippen LogP contribution is 2.21. The molecule has 0 bridgehead atoms. The Bertz CT molecular complexity index is 171. The molecule has 1 saturated heterocycles. The van der Waals surface area contributed by atoms with Crippen molar-refractivity contribution in [2.45, 2.75) is 45.6 Å². The standard InChI is InChI=1S/C13H27BrN2/c1-3-15(4-2)11-12-16-10-6-8-13(16)7-5-9-14/h13H,3-12H2,1-2H3. The molecular weight excluding hydrogens is 264 g/mol. The SMILES string of the molecule is CCN(CC)CCN1CCCC1CCCBr. The molecule has 0 aliphatic carbocycles. The third-order valence-corrected chi connectivity index (χ3v) is 4.33. The van der Waals surface area contributed by atoms with Crippen molar-refractivity contribution in [1.82, 2.24) is 9.80 Å². The van der Waals surface area contributed by atoms with Crippen LogP contribution in [0, 0.1) is 0 Å². The summed E-state index contributed by atoms with van der Waals surface area (Å²) in [5.74, 6) is 0. The Morgan fingerprint density at radius 3 is 2.69 bits per heavy atom. The number of nitrogens with zero attached hydrogens (tertiary/aromatic N) is 2. The van der Waals surface area contributed by atoms with Gasteiger partial charge in [0.15, 0.2) is 0 Å². The maximum Gasteiger partial charge on any atom is 0.0112 e. The number of hydrogen-bond donors (Lipinski definition) is 0. The average molecular weight is 291 g/mol. The molecule has 1 aliphatic heterocycles. The van der Waals surface area contributed by atoms with Crippen LogP contribution in [0.3, 0.4) is 0 Å². The van der Waals surface area contributed by atoms with Crippen LogP contribution in [0.5, 0.6) is 0 Å². The monoisotopic (exact) mass is 290 g/mol. The van der Waals surface area contributed by atoms with E-state index in [2.05, 4.69) is 39.6 Å². The Morgan fingerprint density at radius 1 is 1.31 bits per heavy atom. The summed E-state index contributed by atoms with van der Waals surface area (Å²) in [6, 6.07) is 0.869. The molecule has 0 amide bonds. The lowest BCUT2D eigenvalue weighted by Gasteiger charge is -2.27. The van der Waals surface area contributed by atoms with Gasteiger partial charge in [0.25, 0.3) is 0 Å². The van der Waals surface area contributed by atoms with Crippen molar-refractivity contribution in [1.29, 1.82) is 0 Å². The first-order valence-corrected chi connectivity index (χ1v) is 7.96. The Labute approximate surface area is 109 Å². The highest BCUT2D eigenvalue weighted by Gasteiger charge is 2.23. The first-order valence-electron chi connectivity index (χ1n) is 6.84. The molecule has 1 aliphatic rings. The van der Waals surface area contributed by atoms with Crippen LogP contribution in [0.1, 0.15) is 39.5 Å². The molecule has 96 valence electrons. The van der Waals surface area contributed by atoms with Crippen LogP contribution >= 0.6 is 15.9 Å². The molecule has 0 N–H and O–H groups in total. The van der Waals surface area contributed by atoms with Crippen molar-refractivity contribution >= 4 is 15.9 Å². The third-order valence-electron chi connectivity index (χ3n) is 3.77. The fraction of sp³-hybridized carbons (Fsp3) is 1.00. The van der Waals surface area contributed by atoms with Gasteiger partial charge in [-0.05, 0) is 45.3 Å². The van der Waals surface area contributed by atoms with Gasteiger partial charge in [-0.15, -0.1) is 0 Å². The smallest absolute Gasteiger partial charge is 0.0112 e. The molecule has 1 fully saturated rings. The normalized spacial score (nSPS) is 22.1. The van der Waals surface area contributed by atoms with Gasteiger partial charge >= 0.3 is 0 Å². The molecule has 0 spiro atoms. The molecule has 0 radical (unpaired) electrons. The van der Waals surface area contributed by atoms with E-state index in [-0.39, 0.29) is 0 Å². The number of likely N-dealkylation sites (N-methyl/N-ethyl adjacent to an activating group) is 1. The Balaban J connectivity index is 2.23. The van der Waals surface area contributed by atoms with Gasteiger partial charge in [-0.25, -0.2) is 0 Å². The molecule has 16 heavy (non-hydrogen) atoms. The summed E-state index contributed by atoms with van der Waals surface area (Å²) in [5, 5.41) is 1.16. The van der Waals surface area contributed by atoms with Crippen LogP contribution in [0.4, 0.5) is 0 Å². The predicted octanol–water partition coefficient (Wildman–Crippen LogP) is 2.97. The number of likely N-dealkylation sites (tertiary alicyclic amines) is 1. The first-order chi connectivity index (χ1) is 7.81. The van der Waals surface area contributed by atoms with E-state index in [1.165, 1.54) is 58.4 Å². The van der Waals surface area contributed by atoms with Crippen molar-refractivity contribution in [3.63, 3.8) is 0 Å². The Kier molecular flexibility index (Phi) is 7.67. The lowest BCUT2D eigenvalue weighted by molar-refractivity contribution is 0.196. The van der Waals surface area contributed by atoms with E-state index >= 15 is 0 Å².